The monoisotopic (exact) mass is 226 g/mol. The van der Waals surface area contributed by atoms with E-state index in [2.05, 4.69) is 20.8 Å². The van der Waals surface area contributed by atoms with Crippen LogP contribution >= 0.6 is 0 Å². The van der Waals surface area contributed by atoms with Gasteiger partial charge in [-0.15, -0.1) is 0 Å². The van der Waals surface area contributed by atoms with Crippen molar-refractivity contribution in [1.82, 2.24) is 4.90 Å². The van der Waals surface area contributed by atoms with Crippen LogP contribution in [0.1, 0.15) is 46.5 Å². The molecule has 2 amide bonds. The summed E-state index contributed by atoms with van der Waals surface area (Å²) < 4.78 is 0. The molecule has 0 aliphatic carbocycles. The number of primary amides is 1. The first-order valence-electron chi connectivity index (χ1n) is 5.90. The van der Waals surface area contributed by atoms with E-state index in [-0.39, 0.29) is 23.3 Å². The normalized spacial score (nSPS) is 21.2. The highest BCUT2D eigenvalue weighted by atomic mass is 16.2. The molecule has 0 aromatic heterocycles. The van der Waals surface area contributed by atoms with Crippen LogP contribution in [-0.2, 0) is 9.59 Å². The zero-order valence-electron chi connectivity index (χ0n) is 10.5. The number of likely N-dealkylation sites (tertiary alicyclic amines) is 1. The van der Waals surface area contributed by atoms with E-state index >= 15 is 0 Å². The second-order valence-corrected chi connectivity index (χ2v) is 5.71. The molecule has 4 nitrogen and oxygen atoms in total. The van der Waals surface area contributed by atoms with E-state index in [0.29, 0.717) is 13.0 Å². The Morgan fingerprint density at radius 2 is 2.00 bits per heavy atom. The molecule has 0 spiro atoms. The fourth-order valence-corrected chi connectivity index (χ4v) is 1.99. The van der Waals surface area contributed by atoms with Crippen molar-refractivity contribution < 1.29 is 9.59 Å². The van der Waals surface area contributed by atoms with Gasteiger partial charge in [-0.3, -0.25) is 9.59 Å². The van der Waals surface area contributed by atoms with E-state index in [1.807, 2.05) is 0 Å². The van der Waals surface area contributed by atoms with Gasteiger partial charge in [-0.2, -0.15) is 0 Å². The van der Waals surface area contributed by atoms with Crippen LogP contribution in [-0.4, -0.2) is 29.3 Å². The molecule has 1 aliphatic heterocycles. The second-order valence-electron chi connectivity index (χ2n) is 5.71. The maximum absolute atomic E-state index is 11.9. The lowest BCUT2D eigenvalue weighted by molar-refractivity contribution is -0.137. The van der Waals surface area contributed by atoms with Crippen molar-refractivity contribution in [3.05, 3.63) is 0 Å². The highest BCUT2D eigenvalue weighted by Crippen LogP contribution is 2.24. The lowest BCUT2D eigenvalue weighted by Gasteiger charge is -2.24. The molecule has 1 saturated heterocycles. The molecule has 1 aliphatic rings. The largest absolute Gasteiger partial charge is 0.368 e. The van der Waals surface area contributed by atoms with E-state index in [1.54, 1.807) is 4.90 Å². The summed E-state index contributed by atoms with van der Waals surface area (Å²) in [5.74, 6) is -0.308. The summed E-state index contributed by atoms with van der Waals surface area (Å²) in [7, 11) is 0. The summed E-state index contributed by atoms with van der Waals surface area (Å²) in [6.45, 7) is 7.00. The van der Waals surface area contributed by atoms with E-state index in [4.69, 9.17) is 5.73 Å². The summed E-state index contributed by atoms with van der Waals surface area (Å²) in [6, 6.07) is -0.368. The molecule has 0 aromatic rings. The summed E-state index contributed by atoms with van der Waals surface area (Å²) in [5, 5.41) is 0. The van der Waals surface area contributed by atoms with Gasteiger partial charge in [0.15, 0.2) is 0 Å². The Balaban J connectivity index is 2.50. The van der Waals surface area contributed by atoms with Gasteiger partial charge in [0.05, 0.1) is 0 Å². The van der Waals surface area contributed by atoms with Gasteiger partial charge in [-0.1, -0.05) is 20.8 Å². The molecule has 1 atom stereocenters. The van der Waals surface area contributed by atoms with Crippen molar-refractivity contribution in [2.45, 2.75) is 52.5 Å². The SMILES string of the molecule is CC(C)(C)CCC(=O)N1CCCC1C(N)=O. The molecule has 1 fully saturated rings. The third-order valence-corrected chi connectivity index (χ3v) is 2.99. The molecule has 2 N–H and O–H groups in total. The standard InChI is InChI=1S/C12H22N2O2/c1-12(2,3)7-6-10(15)14-8-4-5-9(14)11(13)16/h9H,4-8H2,1-3H3,(H2,13,16). The molecule has 92 valence electrons. The quantitative estimate of drug-likeness (QED) is 0.788. The molecule has 16 heavy (non-hydrogen) atoms. The summed E-state index contributed by atoms with van der Waals surface area (Å²) in [6.07, 6.45) is 2.95. The van der Waals surface area contributed by atoms with Gasteiger partial charge in [0.2, 0.25) is 11.8 Å². The minimum Gasteiger partial charge on any atom is -0.368 e. The summed E-state index contributed by atoms with van der Waals surface area (Å²) >= 11 is 0. The van der Waals surface area contributed by atoms with Crippen LogP contribution in [0.2, 0.25) is 0 Å². The zero-order valence-corrected chi connectivity index (χ0v) is 10.5. The van der Waals surface area contributed by atoms with Gasteiger partial charge in [0.1, 0.15) is 6.04 Å². The Morgan fingerprint density at radius 3 is 2.50 bits per heavy atom. The fourth-order valence-electron chi connectivity index (χ4n) is 1.99. The van der Waals surface area contributed by atoms with Gasteiger partial charge < -0.3 is 10.6 Å². The molecular formula is C12H22N2O2. The lowest BCUT2D eigenvalue weighted by atomic mass is 9.90. The van der Waals surface area contributed by atoms with Crippen LogP contribution in [0.3, 0.4) is 0 Å². The number of nitrogens with zero attached hydrogens (tertiary/aromatic N) is 1. The van der Waals surface area contributed by atoms with E-state index < -0.39 is 0 Å². The minimum atomic E-state index is -0.374. The molecule has 1 heterocycles. The van der Waals surface area contributed by atoms with Gasteiger partial charge in [0.25, 0.3) is 0 Å². The molecule has 0 radical (unpaired) electrons. The number of amides is 2. The number of carbonyl (C=O) groups excluding carboxylic acids is 2. The van der Waals surface area contributed by atoms with Gasteiger partial charge >= 0.3 is 0 Å². The predicted molar refractivity (Wildman–Crippen MR) is 62.6 cm³/mol. The number of hydrogen-bond acceptors (Lipinski definition) is 2. The molecule has 0 saturated carbocycles. The van der Waals surface area contributed by atoms with Crippen LogP contribution in [0.25, 0.3) is 0 Å². The van der Waals surface area contributed by atoms with E-state index in [1.165, 1.54) is 0 Å². The van der Waals surface area contributed by atoms with Crippen LogP contribution in [0, 0.1) is 5.41 Å². The third-order valence-electron chi connectivity index (χ3n) is 2.99. The number of carbonyl (C=O) groups is 2. The van der Waals surface area contributed by atoms with Crippen LogP contribution in [0.5, 0.6) is 0 Å². The summed E-state index contributed by atoms with van der Waals surface area (Å²) in [5.41, 5.74) is 5.43. The zero-order chi connectivity index (χ0) is 12.3. The first-order valence-corrected chi connectivity index (χ1v) is 5.90. The maximum atomic E-state index is 11.9. The Bertz CT molecular complexity index is 281. The topological polar surface area (TPSA) is 63.4 Å². The van der Waals surface area contributed by atoms with Gasteiger partial charge in [-0.25, -0.2) is 0 Å². The predicted octanol–water partition coefficient (Wildman–Crippen LogP) is 1.29. The van der Waals surface area contributed by atoms with Gasteiger partial charge in [0, 0.05) is 13.0 Å². The average Bonchev–Trinajstić information content (AvgIpc) is 2.61. The number of rotatable bonds is 3. The minimum absolute atomic E-state index is 0.0659. The van der Waals surface area contributed by atoms with Gasteiger partial charge in [-0.05, 0) is 24.7 Å². The first-order chi connectivity index (χ1) is 7.31. The Kier molecular flexibility index (Phi) is 3.94. The van der Waals surface area contributed by atoms with Crippen LogP contribution < -0.4 is 5.73 Å². The van der Waals surface area contributed by atoms with Crippen molar-refractivity contribution in [2.75, 3.05) is 6.54 Å². The molecule has 0 aromatic carbocycles. The maximum Gasteiger partial charge on any atom is 0.240 e. The smallest absolute Gasteiger partial charge is 0.240 e. The molecule has 1 rings (SSSR count). The molecule has 1 unspecified atom stereocenters. The second kappa shape index (κ2) is 4.85. The molecule has 0 bridgehead atoms. The van der Waals surface area contributed by atoms with Crippen LogP contribution in [0.15, 0.2) is 0 Å². The Morgan fingerprint density at radius 1 is 1.38 bits per heavy atom. The third kappa shape index (κ3) is 3.51. The van der Waals surface area contributed by atoms with Crippen molar-refractivity contribution >= 4 is 11.8 Å². The Labute approximate surface area is 97.2 Å². The van der Waals surface area contributed by atoms with E-state index in [9.17, 15) is 9.59 Å². The van der Waals surface area contributed by atoms with Crippen molar-refractivity contribution in [1.29, 1.82) is 0 Å². The number of nitrogens with two attached hydrogens (primary N) is 1. The molecule has 4 heteroatoms. The highest BCUT2D eigenvalue weighted by Gasteiger charge is 2.32. The lowest BCUT2D eigenvalue weighted by Crippen LogP contribution is -2.43. The van der Waals surface area contributed by atoms with Crippen LogP contribution in [0.4, 0.5) is 0 Å². The van der Waals surface area contributed by atoms with Crippen molar-refractivity contribution in [3.8, 4) is 0 Å². The Hall–Kier alpha value is -1.06. The van der Waals surface area contributed by atoms with Crippen molar-refractivity contribution in [3.63, 3.8) is 0 Å². The van der Waals surface area contributed by atoms with Crippen molar-refractivity contribution in [2.24, 2.45) is 11.1 Å². The molecular weight excluding hydrogens is 204 g/mol. The first kappa shape index (κ1) is 13.0. The highest BCUT2D eigenvalue weighted by molar-refractivity contribution is 5.87. The number of hydrogen-bond donors (Lipinski definition) is 1. The van der Waals surface area contributed by atoms with E-state index in [0.717, 1.165) is 19.3 Å². The average molecular weight is 226 g/mol. The summed E-state index contributed by atoms with van der Waals surface area (Å²) in [4.78, 5) is 24.7. The fraction of sp³-hybridized carbons (Fsp3) is 0.833.